The molecule has 73 heavy (non-hydrogen) atoms. The number of rotatable bonds is 12. The van der Waals surface area contributed by atoms with Gasteiger partial charge in [0, 0.05) is 50.1 Å². The third kappa shape index (κ3) is 11.1. The Balaban J connectivity index is 0.000000161. The van der Waals surface area contributed by atoms with Crippen molar-refractivity contribution in [2.75, 3.05) is 0 Å². The Morgan fingerprint density at radius 1 is 0.726 bits per heavy atom. The number of carboxylic acid groups (broad SMARTS) is 1. The van der Waals surface area contributed by atoms with E-state index in [9.17, 15) is 34.0 Å². The molecule has 2 fully saturated rings. The number of fused-ring (bicyclic) bond motifs is 4. The van der Waals surface area contributed by atoms with Crippen molar-refractivity contribution in [3.63, 3.8) is 0 Å². The van der Waals surface area contributed by atoms with Gasteiger partial charge in [-0.3, -0.25) is 4.79 Å². The summed E-state index contributed by atoms with van der Waals surface area (Å²) in [5.41, 5.74) is 13.0. The van der Waals surface area contributed by atoms with Gasteiger partial charge >= 0.3 is 18.9 Å². The van der Waals surface area contributed by atoms with Crippen LogP contribution in [0.4, 0.5) is 8.78 Å². The minimum atomic E-state index is -1.51. The third-order valence-electron chi connectivity index (χ3n) is 11.7. The van der Waals surface area contributed by atoms with Crippen LogP contribution in [0.25, 0.3) is 22.3 Å². The zero-order valence-corrected chi connectivity index (χ0v) is 42.2. The van der Waals surface area contributed by atoms with Crippen molar-refractivity contribution in [3.05, 3.63) is 163 Å². The molecule has 0 aromatic carbocycles. The van der Waals surface area contributed by atoms with Gasteiger partial charge in [-0.25, -0.2) is 28.7 Å². The summed E-state index contributed by atoms with van der Waals surface area (Å²) in [5.74, 6) is -1.85. The molecule has 0 amide bonds. The number of pyridine rings is 4. The number of carboxylic acids is 1. The normalized spacial score (nSPS) is 12.9. The van der Waals surface area contributed by atoms with E-state index in [4.69, 9.17) is 14.6 Å². The van der Waals surface area contributed by atoms with E-state index in [1.54, 1.807) is 45.9 Å². The van der Waals surface area contributed by atoms with E-state index in [-0.39, 0.29) is 92.8 Å². The van der Waals surface area contributed by atoms with Crippen LogP contribution >= 0.6 is 44.3 Å². The maximum absolute atomic E-state index is 14.5. The average Bonchev–Trinajstić information content (AvgIpc) is 3.94. The molecule has 0 radical (unpaired) electrons. The minimum absolute atomic E-state index is 0. The third-order valence-corrected chi connectivity index (χ3v) is 12.9. The molecule has 0 saturated heterocycles. The fourth-order valence-electron chi connectivity index (χ4n) is 7.95. The Hall–Kier alpha value is -7.17. The number of carbonyl (C=O) groups excluding carboxylic acids is 2. The number of imidazole rings is 4. The van der Waals surface area contributed by atoms with Gasteiger partial charge in [0.2, 0.25) is 17.6 Å². The van der Waals surface area contributed by atoms with E-state index in [2.05, 4.69) is 84.3 Å². The van der Waals surface area contributed by atoms with Crippen LogP contribution in [0.15, 0.2) is 91.9 Å². The Kier molecular flexibility index (Phi) is 15.6. The first-order chi connectivity index (χ1) is 34.4. The van der Waals surface area contributed by atoms with Gasteiger partial charge in [-0.05, 0) is 111 Å². The van der Waals surface area contributed by atoms with Crippen molar-refractivity contribution in [3.8, 4) is 12.1 Å². The molecule has 2 aliphatic rings. The van der Waals surface area contributed by atoms with Gasteiger partial charge in [0.1, 0.15) is 29.1 Å². The fraction of sp³-hybridized carbons (Fsp3) is 0.234. The predicted molar refractivity (Wildman–Crippen MR) is 256 cm³/mol. The number of hydrogen-bond acceptors (Lipinski definition) is 16. The average molecular weight is 1130 g/mol. The van der Waals surface area contributed by atoms with E-state index < -0.39 is 17.7 Å². The molecule has 2 N–H and O–H groups in total. The number of nitriles is 2. The van der Waals surface area contributed by atoms with E-state index >= 15 is 0 Å². The second-order valence-corrected chi connectivity index (χ2v) is 18.4. The zero-order chi connectivity index (χ0) is 49.5. The molecule has 20 nitrogen and oxygen atoms in total. The molecular formula is C47H35Br2ClF2LiN15O5. The maximum Gasteiger partial charge on any atom is 1.00 e. The van der Waals surface area contributed by atoms with E-state index in [0.29, 0.717) is 77.0 Å². The number of halogens is 5. The van der Waals surface area contributed by atoms with E-state index in [1.165, 1.54) is 6.33 Å². The van der Waals surface area contributed by atoms with Crippen LogP contribution in [0, 0.1) is 34.3 Å². The number of ketones is 1. The predicted octanol–water partition coefficient (Wildman–Crippen LogP) is 3.96. The van der Waals surface area contributed by atoms with Crippen molar-refractivity contribution in [2.45, 2.75) is 69.7 Å². The number of Topliss-reactive ketones (excluding diaryl/α,β-unsaturated/α-hetero) is 1. The van der Waals surface area contributed by atoms with Crippen LogP contribution < -0.4 is 29.7 Å². The number of carbonyl (C=O) groups is 2. The molecule has 0 atom stereocenters. The van der Waals surface area contributed by atoms with Crippen LogP contribution in [-0.2, 0) is 25.8 Å². The van der Waals surface area contributed by atoms with Gasteiger partial charge in [-0.2, -0.15) is 10.5 Å². The van der Waals surface area contributed by atoms with Crippen LogP contribution in [0.3, 0.4) is 0 Å². The van der Waals surface area contributed by atoms with Gasteiger partial charge in [0.05, 0.1) is 68.3 Å². The van der Waals surface area contributed by atoms with Crippen LogP contribution in [0.5, 0.6) is 0 Å². The van der Waals surface area contributed by atoms with Crippen molar-refractivity contribution in [1.82, 2.24) is 57.9 Å². The molecule has 0 spiro atoms. The molecule has 364 valence electrons. The summed E-state index contributed by atoms with van der Waals surface area (Å²) >= 11 is 6.28. The molecule has 10 aromatic heterocycles. The summed E-state index contributed by atoms with van der Waals surface area (Å²) < 4.78 is 46.2. The second-order valence-electron chi connectivity index (χ2n) is 16.7. The number of aromatic nitrogens is 12. The van der Waals surface area contributed by atoms with Gasteiger partial charge in [0.25, 0.3) is 11.8 Å². The summed E-state index contributed by atoms with van der Waals surface area (Å²) in [6, 6.07) is 11.4. The Bertz CT molecular complexity index is 3810. The van der Waals surface area contributed by atoms with Gasteiger partial charge < -0.3 is 42.1 Å². The van der Waals surface area contributed by atoms with Crippen molar-refractivity contribution < 1.29 is 51.2 Å². The quantitative estimate of drug-likeness (QED) is 0.134. The summed E-state index contributed by atoms with van der Waals surface area (Å²) in [7, 11) is 0. The summed E-state index contributed by atoms with van der Waals surface area (Å²) in [6.45, 7) is 0.240. The SMILES string of the molecule is Cl.N#Cc1cc(C2CC2)cn2cc(Cc3nnc(C(=O)CCc4ncn5ccc(Br)c(F)c45)o3)nc12.N#Cc1cc(C2CC2)cn2cc(Cc3nnc(C(=O)[O-])o3)nc12.NCc1ncn2ccc(Br)c(F)c12.[Li+]. The van der Waals surface area contributed by atoms with Gasteiger partial charge in [-0.1, -0.05) is 0 Å². The first kappa shape index (κ1) is 52.2. The number of aromatic carboxylic acids is 1. The van der Waals surface area contributed by atoms with Crippen LogP contribution in [0.2, 0.25) is 0 Å². The zero-order valence-electron chi connectivity index (χ0n) is 38.2. The summed E-state index contributed by atoms with van der Waals surface area (Å²) in [6.07, 6.45) is 19.3. The van der Waals surface area contributed by atoms with Crippen molar-refractivity contribution in [2.24, 2.45) is 5.73 Å². The first-order valence-corrected chi connectivity index (χ1v) is 23.5. The summed E-state index contributed by atoms with van der Waals surface area (Å²) in [5, 5.41) is 44.4. The van der Waals surface area contributed by atoms with Crippen molar-refractivity contribution >= 4 is 78.3 Å². The monoisotopic (exact) mass is 1130 g/mol. The molecule has 12 rings (SSSR count). The number of nitrogens with zero attached hydrogens (tertiary/aromatic N) is 14. The molecule has 0 unspecified atom stereocenters. The molecule has 0 aliphatic heterocycles. The number of hydrogen-bond donors (Lipinski definition) is 1. The Morgan fingerprint density at radius 2 is 1.19 bits per heavy atom. The molecule has 26 heteroatoms. The van der Waals surface area contributed by atoms with Crippen LogP contribution in [0.1, 0.15) is 122 Å². The molecule has 0 bridgehead atoms. The number of aryl methyl sites for hydroxylation is 1. The van der Waals surface area contributed by atoms with Crippen LogP contribution in [-0.4, -0.2) is 69.7 Å². The minimum Gasteiger partial charge on any atom is -0.540 e. The Labute approximate surface area is 446 Å². The second kappa shape index (κ2) is 21.9. The van der Waals surface area contributed by atoms with Gasteiger partial charge in [-0.15, -0.1) is 32.8 Å². The molecule has 2 aliphatic carbocycles. The molecule has 10 aromatic rings. The van der Waals surface area contributed by atoms with E-state index in [1.807, 2.05) is 39.5 Å². The summed E-state index contributed by atoms with van der Waals surface area (Å²) in [4.78, 5) is 40.4. The first-order valence-electron chi connectivity index (χ1n) is 21.9. The Morgan fingerprint density at radius 3 is 1.64 bits per heavy atom. The van der Waals surface area contributed by atoms with E-state index in [0.717, 1.165) is 36.8 Å². The molecule has 2 saturated carbocycles. The fourth-order valence-corrected chi connectivity index (χ4v) is 8.57. The topological polar surface area (TPSA) is 278 Å². The maximum atomic E-state index is 14.5. The largest absolute Gasteiger partial charge is 1.00 e. The smallest absolute Gasteiger partial charge is 0.540 e. The number of nitrogens with two attached hydrogens (primary N) is 1. The molecule has 10 heterocycles. The van der Waals surface area contributed by atoms with Gasteiger partial charge in [0.15, 0.2) is 22.9 Å². The van der Waals surface area contributed by atoms with Crippen molar-refractivity contribution in [1.29, 1.82) is 10.5 Å². The standard InChI is InChI=1S/C24H17BrFN7O2.C15H11N5O3.C8H7BrFN3.ClH.Li/c25-17-5-6-32-12-28-18(22(32)21(17)26)3-4-19(34)24-31-30-20(35-24)8-16-11-33-10-15(13-1-2-13)7-14(9-27)23(33)29-16;16-5-9-3-10(8-1-2-8)6-20-7-11(17-13(9)20)4-12-18-19-14(23-12)15(21)22;9-5-1-2-13-4-12-6(3-11)8(13)7(5)10;;/h5-7,10-13H,1-4,8H2;3,6-8H,1-2,4H2,(H,21,22);1-2,4H,3,11H2;1H;/q;;;;+1/p-1. The molecular weight excluding hydrogens is 1090 g/mol.